The highest BCUT2D eigenvalue weighted by atomic mass is 16.2. The predicted molar refractivity (Wildman–Crippen MR) is 76.3 cm³/mol. The van der Waals surface area contributed by atoms with Crippen molar-refractivity contribution in [1.82, 2.24) is 15.3 Å². The van der Waals surface area contributed by atoms with Gasteiger partial charge in [-0.05, 0) is 32.2 Å². The van der Waals surface area contributed by atoms with E-state index in [0.29, 0.717) is 5.92 Å². The van der Waals surface area contributed by atoms with Gasteiger partial charge in [0.25, 0.3) is 0 Å². The fraction of sp³-hybridized carbons (Fsp3) is 0.929. The molecule has 0 radical (unpaired) electrons. The van der Waals surface area contributed by atoms with Gasteiger partial charge in [0.15, 0.2) is 0 Å². The minimum atomic E-state index is 0.0750. The molecular formula is C14H28N4O. The maximum Gasteiger partial charge on any atom is 0.237 e. The van der Waals surface area contributed by atoms with Crippen molar-refractivity contribution in [2.75, 3.05) is 33.2 Å². The minimum Gasteiger partial charge on any atom is -0.328 e. The van der Waals surface area contributed by atoms with Crippen LogP contribution in [0.1, 0.15) is 32.6 Å². The molecule has 0 aromatic carbocycles. The van der Waals surface area contributed by atoms with E-state index in [4.69, 9.17) is 5.73 Å². The first-order valence-corrected chi connectivity index (χ1v) is 7.56. The number of nitrogens with two attached hydrogens (primary N) is 1. The molecule has 3 unspecified atom stereocenters. The van der Waals surface area contributed by atoms with E-state index < -0.39 is 0 Å². The second-order valence-corrected chi connectivity index (χ2v) is 6.24. The summed E-state index contributed by atoms with van der Waals surface area (Å²) in [4.78, 5) is 14.6. The highest BCUT2D eigenvalue weighted by molar-refractivity contribution is 5.78. The summed E-state index contributed by atoms with van der Waals surface area (Å²) in [5, 5.41) is 2.06. The summed E-state index contributed by atoms with van der Waals surface area (Å²) in [5.74, 6) is 0.700. The molecule has 1 aliphatic heterocycles. The Morgan fingerprint density at radius 2 is 1.95 bits per heavy atom. The third-order valence-corrected chi connectivity index (χ3v) is 4.65. The number of piperazine rings is 1. The van der Waals surface area contributed by atoms with Crippen molar-refractivity contribution in [3.63, 3.8) is 0 Å². The van der Waals surface area contributed by atoms with E-state index in [1.54, 1.807) is 0 Å². The predicted octanol–water partition coefficient (Wildman–Crippen LogP) is 0.419. The zero-order valence-electron chi connectivity index (χ0n) is 12.3. The Bertz CT molecular complexity index is 302. The van der Waals surface area contributed by atoms with Crippen molar-refractivity contribution in [3.8, 4) is 0 Å². The third-order valence-electron chi connectivity index (χ3n) is 4.65. The molecule has 3 atom stereocenters. The normalized spacial score (nSPS) is 31.9. The summed E-state index contributed by atoms with van der Waals surface area (Å²) in [6.45, 7) is 5.91. The number of likely N-dealkylation sites (N-methyl/N-ethyl adjacent to an activating group) is 1. The zero-order valence-corrected chi connectivity index (χ0v) is 12.3. The van der Waals surface area contributed by atoms with Crippen molar-refractivity contribution < 1.29 is 4.79 Å². The maximum absolute atomic E-state index is 12.3. The topological polar surface area (TPSA) is 61.6 Å². The van der Waals surface area contributed by atoms with Crippen molar-refractivity contribution >= 4 is 5.91 Å². The molecular weight excluding hydrogens is 240 g/mol. The maximum atomic E-state index is 12.3. The molecule has 0 bridgehead atoms. The Morgan fingerprint density at radius 3 is 2.58 bits per heavy atom. The van der Waals surface area contributed by atoms with Gasteiger partial charge < -0.3 is 10.6 Å². The van der Waals surface area contributed by atoms with Crippen molar-refractivity contribution in [2.24, 2.45) is 17.6 Å². The van der Waals surface area contributed by atoms with Crippen molar-refractivity contribution in [1.29, 1.82) is 0 Å². The number of nitrogens with zero attached hydrogens (tertiary/aromatic N) is 2. The molecule has 1 aliphatic carbocycles. The average molecular weight is 268 g/mol. The Morgan fingerprint density at radius 1 is 1.26 bits per heavy atom. The lowest BCUT2D eigenvalue weighted by atomic mass is 9.78. The Labute approximate surface area is 116 Å². The van der Waals surface area contributed by atoms with E-state index in [2.05, 4.69) is 22.4 Å². The van der Waals surface area contributed by atoms with Crippen LogP contribution in [0.4, 0.5) is 0 Å². The van der Waals surface area contributed by atoms with Crippen LogP contribution in [-0.4, -0.2) is 55.1 Å². The van der Waals surface area contributed by atoms with Crippen LogP contribution in [0, 0.1) is 11.8 Å². The average Bonchev–Trinajstić information content (AvgIpc) is 2.40. The second-order valence-electron chi connectivity index (χ2n) is 6.24. The monoisotopic (exact) mass is 268 g/mol. The standard InChI is InChI=1S/C14H28N4O/c1-11(12-4-3-5-13(15)10-12)14(19)16-18-8-6-17(2)7-9-18/h11-13H,3-10,15H2,1-2H3,(H,16,19). The number of rotatable bonds is 3. The third kappa shape index (κ3) is 4.16. The van der Waals surface area contributed by atoms with E-state index in [1.807, 2.05) is 6.92 Å². The van der Waals surface area contributed by atoms with Gasteiger partial charge in [0.2, 0.25) is 5.91 Å². The van der Waals surface area contributed by atoms with Gasteiger partial charge in [-0.3, -0.25) is 10.2 Å². The number of hydrogen-bond acceptors (Lipinski definition) is 4. The highest BCUT2D eigenvalue weighted by Gasteiger charge is 2.29. The first-order chi connectivity index (χ1) is 9.06. The molecule has 110 valence electrons. The number of nitrogens with one attached hydrogen (secondary N) is 1. The molecule has 2 fully saturated rings. The quantitative estimate of drug-likeness (QED) is 0.779. The van der Waals surface area contributed by atoms with E-state index in [9.17, 15) is 4.79 Å². The lowest BCUT2D eigenvalue weighted by Gasteiger charge is -2.35. The molecule has 0 aromatic heterocycles. The first kappa shape index (κ1) is 14.8. The van der Waals surface area contributed by atoms with Gasteiger partial charge in [-0.15, -0.1) is 0 Å². The van der Waals surface area contributed by atoms with Gasteiger partial charge in [-0.1, -0.05) is 13.3 Å². The molecule has 1 saturated heterocycles. The van der Waals surface area contributed by atoms with Gasteiger partial charge >= 0.3 is 0 Å². The van der Waals surface area contributed by atoms with Crippen molar-refractivity contribution in [2.45, 2.75) is 38.6 Å². The number of hydrogen-bond donors (Lipinski definition) is 2. The van der Waals surface area contributed by atoms with Crippen LogP contribution in [0.15, 0.2) is 0 Å². The van der Waals surface area contributed by atoms with E-state index in [1.165, 1.54) is 0 Å². The van der Waals surface area contributed by atoms with E-state index >= 15 is 0 Å². The smallest absolute Gasteiger partial charge is 0.237 e. The van der Waals surface area contributed by atoms with Crippen LogP contribution in [-0.2, 0) is 4.79 Å². The van der Waals surface area contributed by atoms with Crippen LogP contribution in [0.3, 0.4) is 0 Å². The van der Waals surface area contributed by atoms with Gasteiger partial charge in [0.05, 0.1) is 0 Å². The number of hydrazine groups is 1. The second kappa shape index (κ2) is 6.68. The molecule has 3 N–H and O–H groups in total. The van der Waals surface area contributed by atoms with Crippen LogP contribution >= 0.6 is 0 Å². The van der Waals surface area contributed by atoms with Gasteiger partial charge in [0.1, 0.15) is 0 Å². The summed E-state index contributed by atoms with van der Waals surface area (Å²) in [6, 6.07) is 0.289. The van der Waals surface area contributed by atoms with Gasteiger partial charge in [-0.2, -0.15) is 0 Å². The molecule has 0 aromatic rings. The highest BCUT2D eigenvalue weighted by Crippen LogP contribution is 2.29. The van der Waals surface area contributed by atoms with Crippen molar-refractivity contribution in [3.05, 3.63) is 0 Å². The van der Waals surface area contributed by atoms with E-state index in [-0.39, 0.29) is 17.9 Å². The van der Waals surface area contributed by atoms with Crippen LogP contribution in [0.5, 0.6) is 0 Å². The molecule has 1 saturated carbocycles. The van der Waals surface area contributed by atoms with Crippen LogP contribution in [0.25, 0.3) is 0 Å². The molecule has 1 heterocycles. The summed E-state index contributed by atoms with van der Waals surface area (Å²) >= 11 is 0. The first-order valence-electron chi connectivity index (χ1n) is 7.56. The number of carbonyl (C=O) groups excluding carboxylic acids is 1. The minimum absolute atomic E-state index is 0.0750. The van der Waals surface area contributed by atoms with Crippen LogP contribution < -0.4 is 11.2 Å². The molecule has 0 spiro atoms. The summed E-state index contributed by atoms with van der Waals surface area (Å²) in [5.41, 5.74) is 9.09. The van der Waals surface area contributed by atoms with E-state index in [0.717, 1.165) is 51.9 Å². The molecule has 1 amide bonds. The number of amides is 1. The summed E-state index contributed by atoms with van der Waals surface area (Å²) < 4.78 is 0. The lowest BCUT2D eigenvalue weighted by Crippen LogP contribution is -2.54. The Kier molecular flexibility index (Phi) is 5.19. The molecule has 2 rings (SSSR count). The SMILES string of the molecule is CC(C(=O)NN1CCN(C)CC1)C1CCCC(N)C1. The summed E-state index contributed by atoms with van der Waals surface area (Å²) in [6.07, 6.45) is 4.42. The lowest BCUT2D eigenvalue weighted by molar-refractivity contribution is -0.132. The molecule has 2 aliphatic rings. The van der Waals surface area contributed by atoms with Gasteiger partial charge in [0, 0.05) is 38.1 Å². The number of carbonyl (C=O) groups is 1. The van der Waals surface area contributed by atoms with Gasteiger partial charge in [-0.25, -0.2) is 5.01 Å². The Hall–Kier alpha value is -0.650. The fourth-order valence-corrected chi connectivity index (χ4v) is 3.11. The molecule has 19 heavy (non-hydrogen) atoms. The largest absolute Gasteiger partial charge is 0.328 e. The summed E-state index contributed by atoms with van der Waals surface area (Å²) in [7, 11) is 2.12. The molecule has 5 nitrogen and oxygen atoms in total. The zero-order chi connectivity index (χ0) is 13.8. The van der Waals surface area contributed by atoms with Crippen LogP contribution in [0.2, 0.25) is 0 Å². The Balaban J connectivity index is 1.78. The molecule has 5 heteroatoms. The fourth-order valence-electron chi connectivity index (χ4n) is 3.11.